The molecule has 0 atom stereocenters. The number of ether oxygens (including phenoxy) is 1. The molecule has 0 bridgehead atoms. The fraction of sp³-hybridized carbons (Fsp3) is 0.421. The number of rotatable bonds is 6. The smallest absolute Gasteiger partial charge is 0.262 e. The van der Waals surface area contributed by atoms with Crippen molar-refractivity contribution in [3.8, 4) is 5.75 Å². The van der Waals surface area contributed by atoms with E-state index in [1.807, 2.05) is 24.3 Å². The van der Waals surface area contributed by atoms with E-state index in [0.717, 1.165) is 24.3 Å². The van der Waals surface area contributed by atoms with Gasteiger partial charge in [0.15, 0.2) is 0 Å². The van der Waals surface area contributed by atoms with Crippen LogP contribution in [0.4, 0.5) is 5.69 Å². The van der Waals surface area contributed by atoms with Crippen LogP contribution in [0.2, 0.25) is 0 Å². The molecule has 1 saturated carbocycles. The second kappa shape index (κ2) is 7.73. The predicted octanol–water partition coefficient (Wildman–Crippen LogP) is 2.16. The first-order valence-corrected chi connectivity index (χ1v) is 11.6. The molecule has 0 unspecified atom stereocenters. The van der Waals surface area contributed by atoms with Gasteiger partial charge in [-0.1, -0.05) is 6.07 Å². The number of anilines is 1. The lowest BCUT2D eigenvalue weighted by Crippen LogP contribution is -2.48. The Labute approximate surface area is 169 Å². The summed E-state index contributed by atoms with van der Waals surface area (Å²) in [5, 5.41) is 4.55. The topological polar surface area (TPSA) is 79.0 Å². The van der Waals surface area contributed by atoms with Gasteiger partial charge in [-0.3, -0.25) is 4.79 Å². The van der Waals surface area contributed by atoms with Crippen LogP contribution in [0, 0.1) is 0 Å². The predicted molar refractivity (Wildman–Crippen MR) is 109 cm³/mol. The van der Waals surface area contributed by atoms with Crippen LogP contribution in [0.3, 0.4) is 0 Å². The average molecular weight is 422 g/mol. The minimum Gasteiger partial charge on any atom is -0.497 e. The lowest BCUT2D eigenvalue weighted by molar-refractivity contribution is 0.0952. The molecular weight excluding hydrogens is 398 g/mol. The van der Waals surface area contributed by atoms with Gasteiger partial charge in [0.05, 0.1) is 7.11 Å². The molecule has 4 rings (SSSR count). The number of methoxy groups -OCH3 is 1. The zero-order valence-corrected chi connectivity index (χ0v) is 17.3. The summed E-state index contributed by atoms with van der Waals surface area (Å²) in [6, 6.07) is 9.48. The Kier molecular flexibility index (Phi) is 5.31. The first kappa shape index (κ1) is 19.2. The summed E-state index contributed by atoms with van der Waals surface area (Å²) in [6.07, 6.45) is 1.93. The molecular formula is C19H23N3O4S2. The summed E-state index contributed by atoms with van der Waals surface area (Å²) in [5.41, 5.74) is 1.01. The molecule has 150 valence electrons. The van der Waals surface area contributed by atoms with Crippen LogP contribution in [0.25, 0.3) is 0 Å². The van der Waals surface area contributed by atoms with Crippen molar-refractivity contribution >= 4 is 33.0 Å². The molecule has 2 heterocycles. The van der Waals surface area contributed by atoms with Gasteiger partial charge in [-0.05, 0) is 36.4 Å². The summed E-state index contributed by atoms with van der Waals surface area (Å²) < 4.78 is 33.0. The van der Waals surface area contributed by atoms with E-state index in [4.69, 9.17) is 4.74 Å². The maximum atomic E-state index is 13.1. The molecule has 1 amide bonds. The highest BCUT2D eigenvalue weighted by Crippen LogP contribution is 2.29. The molecule has 2 aliphatic rings. The quantitative estimate of drug-likeness (QED) is 0.773. The summed E-state index contributed by atoms with van der Waals surface area (Å²) in [4.78, 5) is 14.9. The fourth-order valence-corrected chi connectivity index (χ4v) is 6.00. The van der Waals surface area contributed by atoms with E-state index in [1.165, 1.54) is 21.7 Å². The van der Waals surface area contributed by atoms with Crippen molar-refractivity contribution in [3.63, 3.8) is 0 Å². The molecule has 1 saturated heterocycles. The normalized spacial score (nSPS) is 18.1. The van der Waals surface area contributed by atoms with E-state index in [9.17, 15) is 13.2 Å². The number of carbonyl (C=O) groups excluding carboxylic acids is 1. The van der Waals surface area contributed by atoms with Gasteiger partial charge >= 0.3 is 0 Å². The number of sulfonamides is 1. The number of benzene rings is 1. The maximum absolute atomic E-state index is 13.1. The van der Waals surface area contributed by atoms with Crippen LogP contribution in [0.15, 0.2) is 40.6 Å². The van der Waals surface area contributed by atoms with Crippen molar-refractivity contribution in [1.29, 1.82) is 0 Å². The van der Waals surface area contributed by atoms with Crippen molar-refractivity contribution in [3.05, 3.63) is 40.6 Å². The van der Waals surface area contributed by atoms with Crippen LogP contribution in [-0.4, -0.2) is 58.0 Å². The van der Waals surface area contributed by atoms with Gasteiger partial charge < -0.3 is 15.0 Å². The summed E-state index contributed by atoms with van der Waals surface area (Å²) in [7, 11) is -2.07. The van der Waals surface area contributed by atoms with Crippen LogP contribution in [-0.2, 0) is 10.0 Å². The van der Waals surface area contributed by atoms with Crippen LogP contribution < -0.4 is 15.0 Å². The highest BCUT2D eigenvalue weighted by molar-refractivity contribution is 7.89. The van der Waals surface area contributed by atoms with Crippen molar-refractivity contribution in [2.75, 3.05) is 38.2 Å². The van der Waals surface area contributed by atoms with Crippen molar-refractivity contribution < 1.29 is 17.9 Å². The Bertz CT molecular complexity index is 961. The number of carbonyl (C=O) groups is 1. The van der Waals surface area contributed by atoms with Crippen molar-refractivity contribution in [2.24, 2.45) is 0 Å². The van der Waals surface area contributed by atoms with Gasteiger partial charge in [-0.2, -0.15) is 4.31 Å². The highest BCUT2D eigenvalue weighted by atomic mass is 32.2. The Morgan fingerprint density at radius 2 is 1.93 bits per heavy atom. The molecule has 1 aliphatic heterocycles. The zero-order chi connectivity index (χ0) is 19.7. The van der Waals surface area contributed by atoms with Crippen LogP contribution >= 0.6 is 11.3 Å². The second-order valence-corrected chi connectivity index (χ2v) is 9.78. The first-order chi connectivity index (χ1) is 13.5. The summed E-state index contributed by atoms with van der Waals surface area (Å²) in [5.74, 6) is 0.489. The molecule has 1 aromatic carbocycles. The fourth-order valence-electron chi connectivity index (χ4n) is 3.28. The molecule has 1 aliphatic carbocycles. The SMILES string of the molecule is COc1cccc(N2CCN(S(=O)(=O)c3ccsc3C(=O)NC3CC3)CC2)c1. The molecule has 2 aromatic rings. The number of hydrogen-bond acceptors (Lipinski definition) is 6. The monoisotopic (exact) mass is 421 g/mol. The Morgan fingerprint density at radius 1 is 1.18 bits per heavy atom. The lowest BCUT2D eigenvalue weighted by Gasteiger charge is -2.35. The number of thiophene rings is 1. The van der Waals surface area contributed by atoms with Gasteiger partial charge in [-0.15, -0.1) is 11.3 Å². The molecule has 7 nitrogen and oxygen atoms in total. The first-order valence-electron chi connectivity index (χ1n) is 9.26. The van der Waals surface area contributed by atoms with E-state index >= 15 is 0 Å². The average Bonchev–Trinajstić information content (AvgIpc) is 3.38. The molecule has 0 radical (unpaired) electrons. The number of amides is 1. The Balaban J connectivity index is 1.46. The molecule has 0 spiro atoms. The molecule has 9 heteroatoms. The Morgan fingerprint density at radius 3 is 2.61 bits per heavy atom. The van der Waals surface area contributed by atoms with Crippen LogP contribution in [0.5, 0.6) is 5.75 Å². The third-order valence-corrected chi connectivity index (χ3v) is 8.01. The Hall–Kier alpha value is -2.10. The second-order valence-electron chi connectivity index (χ2n) is 6.95. The van der Waals surface area contributed by atoms with E-state index in [2.05, 4.69) is 10.2 Å². The van der Waals surface area contributed by atoms with E-state index < -0.39 is 10.0 Å². The maximum Gasteiger partial charge on any atom is 0.262 e. The number of nitrogens with zero attached hydrogens (tertiary/aromatic N) is 2. The third kappa shape index (κ3) is 3.87. The molecule has 1 aromatic heterocycles. The largest absolute Gasteiger partial charge is 0.497 e. The number of piperazine rings is 1. The van der Waals surface area contributed by atoms with E-state index in [-0.39, 0.29) is 21.7 Å². The highest BCUT2D eigenvalue weighted by Gasteiger charge is 2.34. The number of hydrogen-bond donors (Lipinski definition) is 1. The minimum atomic E-state index is -3.70. The zero-order valence-electron chi connectivity index (χ0n) is 15.6. The molecule has 2 fully saturated rings. The van der Waals surface area contributed by atoms with E-state index in [1.54, 1.807) is 12.5 Å². The van der Waals surface area contributed by atoms with Gasteiger partial charge in [0.25, 0.3) is 5.91 Å². The van der Waals surface area contributed by atoms with E-state index in [0.29, 0.717) is 26.2 Å². The van der Waals surface area contributed by atoms with Crippen LogP contribution in [0.1, 0.15) is 22.5 Å². The summed E-state index contributed by atoms with van der Waals surface area (Å²) >= 11 is 1.18. The van der Waals surface area contributed by atoms with Crippen molar-refractivity contribution in [1.82, 2.24) is 9.62 Å². The molecule has 1 N–H and O–H groups in total. The molecule has 28 heavy (non-hydrogen) atoms. The van der Waals surface area contributed by atoms with Gasteiger partial charge in [0.1, 0.15) is 15.5 Å². The third-order valence-electron chi connectivity index (χ3n) is 5.02. The van der Waals surface area contributed by atoms with Gasteiger partial charge in [0, 0.05) is 44.0 Å². The van der Waals surface area contributed by atoms with Gasteiger partial charge in [0.2, 0.25) is 10.0 Å². The number of nitrogens with one attached hydrogen (secondary N) is 1. The summed E-state index contributed by atoms with van der Waals surface area (Å²) in [6.45, 7) is 1.92. The standard InChI is InChI=1S/C19H23N3O4S2/c1-26-16-4-2-3-15(13-16)21-8-10-22(11-9-21)28(24,25)17-7-12-27-18(17)19(23)20-14-5-6-14/h2-4,7,12-14H,5-6,8-11H2,1H3,(H,20,23). The minimum absolute atomic E-state index is 0.116. The van der Waals surface area contributed by atoms with Crippen molar-refractivity contribution in [2.45, 2.75) is 23.8 Å². The van der Waals surface area contributed by atoms with Gasteiger partial charge in [-0.25, -0.2) is 8.42 Å². The lowest BCUT2D eigenvalue weighted by atomic mass is 10.2.